The van der Waals surface area contributed by atoms with Crippen LogP contribution in [-0.2, 0) is 17.8 Å². The summed E-state index contributed by atoms with van der Waals surface area (Å²) >= 11 is 7.34. The first-order valence-electron chi connectivity index (χ1n) is 9.12. The number of anilines is 1. The largest absolute Gasteiger partial charge is 0.325 e. The summed E-state index contributed by atoms with van der Waals surface area (Å²) in [5.74, 6) is 1.10. The zero-order chi connectivity index (χ0) is 20.1. The molecule has 3 aromatic rings. The molecule has 3 rings (SSSR count). The smallest absolute Gasteiger partial charge is 0.234 e. The van der Waals surface area contributed by atoms with Crippen molar-refractivity contribution in [3.8, 4) is 0 Å². The third-order valence-electron chi connectivity index (χ3n) is 4.51. The molecule has 28 heavy (non-hydrogen) atoms. The Hall–Kier alpha value is -2.31. The van der Waals surface area contributed by atoms with Gasteiger partial charge in [-0.2, -0.15) is 0 Å². The van der Waals surface area contributed by atoms with E-state index in [2.05, 4.69) is 22.4 Å². The zero-order valence-corrected chi connectivity index (χ0v) is 17.8. The number of aryl methyl sites for hydroxylation is 2. The Bertz CT molecular complexity index is 969. The summed E-state index contributed by atoms with van der Waals surface area (Å²) in [6, 6.07) is 13.6. The van der Waals surface area contributed by atoms with E-state index in [-0.39, 0.29) is 11.7 Å². The Morgan fingerprint density at radius 3 is 2.54 bits per heavy atom. The first-order chi connectivity index (χ1) is 13.5. The predicted molar refractivity (Wildman–Crippen MR) is 115 cm³/mol. The monoisotopic (exact) mass is 414 g/mol. The van der Waals surface area contributed by atoms with Crippen LogP contribution in [0, 0.1) is 13.8 Å². The molecule has 0 aliphatic carbocycles. The van der Waals surface area contributed by atoms with Crippen LogP contribution in [0.2, 0.25) is 5.02 Å². The van der Waals surface area contributed by atoms with Crippen LogP contribution in [-0.4, -0.2) is 26.4 Å². The number of thioether (sulfide) groups is 1. The summed E-state index contributed by atoms with van der Waals surface area (Å²) in [6.45, 7) is 6.88. The number of hydrogen-bond acceptors (Lipinski definition) is 4. The van der Waals surface area contributed by atoms with Crippen LogP contribution in [0.15, 0.2) is 47.6 Å². The lowest BCUT2D eigenvalue weighted by Gasteiger charge is -2.09. The number of halogens is 1. The maximum atomic E-state index is 12.3. The Balaban J connectivity index is 1.62. The third-order valence-corrected chi connectivity index (χ3v) is 5.73. The number of carbonyl (C=O) groups excluding carboxylic acids is 1. The highest BCUT2D eigenvalue weighted by molar-refractivity contribution is 7.99. The summed E-state index contributed by atoms with van der Waals surface area (Å²) in [5, 5.41) is 13.0. The van der Waals surface area contributed by atoms with E-state index in [0.717, 1.165) is 34.3 Å². The van der Waals surface area contributed by atoms with Crippen molar-refractivity contribution < 1.29 is 4.79 Å². The van der Waals surface area contributed by atoms with Gasteiger partial charge in [-0.1, -0.05) is 41.6 Å². The summed E-state index contributed by atoms with van der Waals surface area (Å²) in [5.41, 5.74) is 4.30. The molecule has 146 valence electrons. The zero-order valence-electron chi connectivity index (χ0n) is 16.2. The molecule has 2 aromatic carbocycles. The van der Waals surface area contributed by atoms with Crippen LogP contribution < -0.4 is 5.32 Å². The van der Waals surface area contributed by atoms with E-state index in [1.807, 2.05) is 60.9 Å². The van der Waals surface area contributed by atoms with E-state index in [9.17, 15) is 4.79 Å². The van der Waals surface area contributed by atoms with Gasteiger partial charge in [0.15, 0.2) is 5.16 Å². The molecule has 0 fully saturated rings. The van der Waals surface area contributed by atoms with Crippen LogP contribution >= 0.6 is 23.4 Å². The fourth-order valence-electron chi connectivity index (χ4n) is 2.81. The minimum Gasteiger partial charge on any atom is -0.325 e. The molecule has 1 amide bonds. The number of benzene rings is 2. The Labute approximate surface area is 174 Å². The van der Waals surface area contributed by atoms with Crippen molar-refractivity contribution in [3.63, 3.8) is 0 Å². The minimum atomic E-state index is -0.0573. The molecule has 0 unspecified atom stereocenters. The van der Waals surface area contributed by atoms with Gasteiger partial charge in [0, 0.05) is 23.7 Å². The van der Waals surface area contributed by atoms with Crippen LogP contribution in [0.5, 0.6) is 0 Å². The van der Waals surface area contributed by atoms with Gasteiger partial charge in [0.1, 0.15) is 5.82 Å². The van der Waals surface area contributed by atoms with E-state index < -0.39 is 0 Å². The number of hydrogen-bond donors (Lipinski definition) is 1. The van der Waals surface area contributed by atoms with Gasteiger partial charge in [-0.05, 0) is 61.7 Å². The number of aromatic nitrogens is 3. The fraction of sp³-hybridized carbons (Fsp3) is 0.286. The van der Waals surface area contributed by atoms with E-state index in [1.165, 1.54) is 17.3 Å². The van der Waals surface area contributed by atoms with Gasteiger partial charge in [0.2, 0.25) is 5.91 Å². The Morgan fingerprint density at radius 1 is 1.11 bits per heavy atom. The van der Waals surface area contributed by atoms with E-state index in [4.69, 9.17) is 11.6 Å². The number of rotatable bonds is 7. The number of carbonyl (C=O) groups is 1. The molecule has 0 atom stereocenters. The molecule has 5 nitrogen and oxygen atoms in total. The van der Waals surface area contributed by atoms with E-state index >= 15 is 0 Å². The van der Waals surface area contributed by atoms with Crippen molar-refractivity contribution in [3.05, 3.63) is 70.0 Å². The van der Waals surface area contributed by atoms with Crippen molar-refractivity contribution in [2.24, 2.45) is 0 Å². The first-order valence-corrected chi connectivity index (χ1v) is 10.5. The van der Waals surface area contributed by atoms with Crippen LogP contribution in [0.4, 0.5) is 5.69 Å². The van der Waals surface area contributed by atoms with Gasteiger partial charge in [0.05, 0.1) is 5.75 Å². The molecular formula is C21H23ClN4OS. The molecule has 0 saturated carbocycles. The Morgan fingerprint density at radius 2 is 1.86 bits per heavy atom. The lowest BCUT2D eigenvalue weighted by molar-refractivity contribution is -0.113. The number of amides is 1. The molecule has 7 heteroatoms. The molecule has 0 saturated heterocycles. The molecular weight excluding hydrogens is 392 g/mol. The fourth-order valence-corrected chi connectivity index (χ4v) is 3.75. The first kappa shape index (κ1) is 20.4. The molecule has 0 aliphatic rings. The summed E-state index contributed by atoms with van der Waals surface area (Å²) in [7, 11) is 0. The summed E-state index contributed by atoms with van der Waals surface area (Å²) in [4.78, 5) is 12.3. The van der Waals surface area contributed by atoms with Crippen molar-refractivity contribution >= 4 is 35.0 Å². The molecule has 1 heterocycles. The predicted octanol–water partition coefficient (Wildman–Crippen LogP) is 4.89. The van der Waals surface area contributed by atoms with Crippen LogP contribution in [0.25, 0.3) is 0 Å². The summed E-state index contributed by atoms with van der Waals surface area (Å²) in [6.07, 6.45) is 0.674. The summed E-state index contributed by atoms with van der Waals surface area (Å²) < 4.78 is 2.04. The average Bonchev–Trinajstić information content (AvgIpc) is 3.06. The van der Waals surface area contributed by atoms with Gasteiger partial charge in [0.25, 0.3) is 0 Å². The second-order valence-corrected chi connectivity index (χ2v) is 7.96. The molecule has 0 radical (unpaired) electrons. The second kappa shape index (κ2) is 9.26. The molecule has 1 aromatic heterocycles. The molecule has 0 aliphatic heterocycles. The topological polar surface area (TPSA) is 59.8 Å². The highest BCUT2D eigenvalue weighted by Gasteiger charge is 2.14. The van der Waals surface area contributed by atoms with Gasteiger partial charge in [-0.15, -0.1) is 10.2 Å². The standard InChI is InChI=1S/C21H23ClN4OS/c1-4-26-19(12-16-6-8-17(22)9-7-16)24-25-21(26)28-13-20(27)23-18-10-5-14(2)15(3)11-18/h5-11H,4,12-13H2,1-3H3,(H,23,27). The molecule has 1 N–H and O–H groups in total. The second-order valence-electron chi connectivity index (χ2n) is 6.58. The Kier molecular flexibility index (Phi) is 6.75. The van der Waals surface area contributed by atoms with Gasteiger partial charge in [-0.3, -0.25) is 4.79 Å². The van der Waals surface area contributed by atoms with Crippen LogP contribution in [0.3, 0.4) is 0 Å². The van der Waals surface area contributed by atoms with Crippen LogP contribution in [0.1, 0.15) is 29.4 Å². The van der Waals surface area contributed by atoms with Gasteiger partial charge in [-0.25, -0.2) is 0 Å². The van der Waals surface area contributed by atoms with E-state index in [1.54, 1.807) is 0 Å². The lowest BCUT2D eigenvalue weighted by atomic mass is 10.1. The highest BCUT2D eigenvalue weighted by atomic mass is 35.5. The third kappa shape index (κ3) is 5.14. The number of nitrogens with zero attached hydrogens (tertiary/aromatic N) is 3. The number of nitrogens with one attached hydrogen (secondary N) is 1. The van der Waals surface area contributed by atoms with Crippen molar-refractivity contribution in [1.29, 1.82) is 0 Å². The quantitative estimate of drug-likeness (QED) is 0.559. The molecule has 0 bridgehead atoms. The maximum absolute atomic E-state index is 12.3. The van der Waals surface area contributed by atoms with Gasteiger partial charge >= 0.3 is 0 Å². The maximum Gasteiger partial charge on any atom is 0.234 e. The lowest BCUT2D eigenvalue weighted by Crippen LogP contribution is -2.15. The normalized spacial score (nSPS) is 10.9. The van der Waals surface area contributed by atoms with E-state index in [0.29, 0.717) is 11.4 Å². The highest BCUT2D eigenvalue weighted by Crippen LogP contribution is 2.20. The van der Waals surface area contributed by atoms with Crippen molar-refractivity contribution in [1.82, 2.24) is 14.8 Å². The minimum absolute atomic E-state index is 0.0573. The molecule has 0 spiro atoms. The van der Waals surface area contributed by atoms with Gasteiger partial charge < -0.3 is 9.88 Å². The van der Waals surface area contributed by atoms with Crippen molar-refractivity contribution in [2.75, 3.05) is 11.1 Å². The van der Waals surface area contributed by atoms with Crippen molar-refractivity contribution in [2.45, 2.75) is 38.9 Å². The SMILES string of the molecule is CCn1c(Cc2ccc(Cl)cc2)nnc1SCC(=O)Nc1ccc(C)c(C)c1. The average molecular weight is 415 g/mol.